The molecule has 1 amide bonds. The maximum absolute atomic E-state index is 12.7. The summed E-state index contributed by atoms with van der Waals surface area (Å²) >= 11 is 0. The van der Waals surface area contributed by atoms with Gasteiger partial charge in [0.15, 0.2) is 0 Å². The Labute approximate surface area is 120 Å². The van der Waals surface area contributed by atoms with E-state index in [1.165, 1.54) is 12.1 Å². The number of amides is 1. The Morgan fingerprint density at radius 1 is 1.24 bits per heavy atom. The summed E-state index contributed by atoms with van der Waals surface area (Å²) in [5.74, 6) is 0.239. The second-order valence-corrected chi connectivity index (χ2v) is 4.91. The minimum Gasteiger partial charge on any atom is -0.410 e. The first-order valence-corrected chi connectivity index (χ1v) is 6.77. The van der Waals surface area contributed by atoms with Gasteiger partial charge < -0.3 is 10.1 Å². The van der Waals surface area contributed by atoms with E-state index in [0.717, 1.165) is 4.90 Å². The van der Waals surface area contributed by atoms with E-state index in [0.29, 0.717) is 25.9 Å². The molecule has 0 radical (unpaired) electrons. The van der Waals surface area contributed by atoms with Crippen LogP contribution in [0.2, 0.25) is 0 Å². The molecule has 0 unspecified atom stereocenters. The van der Waals surface area contributed by atoms with Crippen LogP contribution in [0.25, 0.3) is 0 Å². The molecule has 2 rings (SSSR count). The number of rotatable bonds is 3. The summed E-state index contributed by atoms with van der Waals surface area (Å²) in [6.07, 6.45) is -4.43. The summed E-state index contributed by atoms with van der Waals surface area (Å²) < 4.78 is 43.1. The third-order valence-corrected chi connectivity index (χ3v) is 3.28. The molecular weight excluding hydrogens is 285 g/mol. The Morgan fingerprint density at radius 2 is 1.86 bits per heavy atom. The summed E-state index contributed by atoms with van der Waals surface area (Å²) in [6, 6.07) is 7.65. The van der Waals surface area contributed by atoms with Crippen LogP contribution in [0.3, 0.4) is 0 Å². The molecule has 116 valence electrons. The summed E-state index contributed by atoms with van der Waals surface area (Å²) in [4.78, 5) is 12.9. The molecule has 0 atom stereocenters. The number of piperidine rings is 1. The number of benzene rings is 1. The Balaban J connectivity index is 2.08. The Morgan fingerprint density at radius 3 is 2.43 bits per heavy atom. The topological polar surface area (TPSA) is 41.6 Å². The molecule has 4 nitrogen and oxygen atoms in total. The smallest absolute Gasteiger partial charge is 0.410 e. The normalized spacial score (nSPS) is 16.5. The van der Waals surface area contributed by atoms with Crippen molar-refractivity contribution < 1.29 is 22.7 Å². The van der Waals surface area contributed by atoms with Crippen LogP contribution in [0.1, 0.15) is 12.8 Å². The molecule has 1 aliphatic rings. The fourth-order valence-corrected chi connectivity index (χ4v) is 2.30. The third kappa shape index (κ3) is 4.93. The molecule has 1 N–H and O–H groups in total. The monoisotopic (exact) mass is 302 g/mol. The molecule has 21 heavy (non-hydrogen) atoms. The summed E-state index contributed by atoms with van der Waals surface area (Å²) in [6.45, 7) is -0.0986. The summed E-state index contributed by atoms with van der Waals surface area (Å²) in [7, 11) is 0. The number of nitrogens with one attached hydrogen (secondary N) is 1. The van der Waals surface area contributed by atoms with Crippen molar-refractivity contribution in [3.05, 3.63) is 30.3 Å². The van der Waals surface area contributed by atoms with E-state index in [2.05, 4.69) is 5.32 Å². The highest BCUT2D eigenvalue weighted by molar-refractivity contribution is 5.71. The average molecular weight is 302 g/mol. The van der Waals surface area contributed by atoms with Crippen LogP contribution in [-0.4, -0.2) is 42.8 Å². The molecule has 1 aromatic rings. The molecule has 0 saturated carbocycles. The number of carbonyl (C=O) groups excluding carboxylic acids is 1. The van der Waals surface area contributed by atoms with E-state index in [1.807, 2.05) is 0 Å². The van der Waals surface area contributed by atoms with Crippen LogP contribution in [0.5, 0.6) is 5.75 Å². The first-order valence-electron chi connectivity index (χ1n) is 6.77. The van der Waals surface area contributed by atoms with Gasteiger partial charge in [0.25, 0.3) is 0 Å². The zero-order chi connectivity index (χ0) is 15.3. The van der Waals surface area contributed by atoms with Crippen LogP contribution in [0, 0.1) is 0 Å². The molecule has 0 aromatic heterocycles. The van der Waals surface area contributed by atoms with Gasteiger partial charge >= 0.3 is 12.3 Å². The molecule has 1 saturated heterocycles. The highest BCUT2D eigenvalue weighted by Gasteiger charge is 2.37. The molecule has 1 fully saturated rings. The first-order chi connectivity index (χ1) is 9.96. The number of halogens is 3. The zero-order valence-corrected chi connectivity index (χ0v) is 11.4. The lowest BCUT2D eigenvalue weighted by atomic mass is 10.1. The summed E-state index contributed by atoms with van der Waals surface area (Å²) in [5, 5.41) is 3.06. The van der Waals surface area contributed by atoms with Crippen molar-refractivity contribution in [3.63, 3.8) is 0 Å². The molecule has 1 heterocycles. The second kappa shape index (κ2) is 6.80. The Bertz CT molecular complexity index is 459. The summed E-state index contributed by atoms with van der Waals surface area (Å²) in [5.41, 5.74) is 0. The van der Waals surface area contributed by atoms with Gasteiger partial charge in [0.05, 0.1) is 0 Å². The van der Waals surface area contributed by atoms with E-state index in [-0.39, 0.29) is 5.75 Å². The van der Waals surface area contributed by atoms with Gasteiger partial charge in [-0.2, -0.15) is 13.2 Å². The molecule has 0 aliphatic carbocycles. The molecule has 7 heteroatoms. The average Bonchev–Trinajstić information content (AvgIpc) is 2.46. The first kappa shape index (κ1) is 15.6. The number of hydrogen-bond acceptors (Lipinski definition) is 3. The van der Waals surface area contributed by atoms with Crippen LogP contribution in [0.15, 0.2) is 30.3 Å². The van der Waals surface area contributed by atoms with Crippen molar-refractivity contribution in [2.75, 3.05) is 19.6 Å². The highest BCUT2D eigenvalue weighted by Crippen LogP contribution is 2.23. The van der Waals surface area contributed by atoms with Gasteiger partial charge in [0.2, 0.25) is 0 Å². The van der Waals surface area contributed by atoms with Gasteiger partial charge in [-0.05, 0) is 38.1 Å². The van der Waals surface area contributed by atoms with E-state index < -0.39 is 24.9 Å². The van der Waals surface area contributed by atoms with Crippen molar-refractivity contribution >= 4 is 6.09 Å². The van der Waals surface area contributed by atoms with Crippen LogP contribution in [-0.2, 0) is 0 Å². The molecular formula is C14H17F3N2O2. The predicted octanol–water partition coefficient (Wildman–Crippen LogP) is 2.80. The quantitative estimate of drug-likeness (QED) is 0.933. The fourth-order valence-electron chi connectivity index (χ4n) is 2.30. The Hall–Kier alpha value is -1.76. The van der Waals surface area contributed by atoms with Gasteiger partial charge in [-0.3, -0.25) is 4.90 Å². The number of carbonyl (C=O) groups is 1. The van der Waals surface area contributed by atoms with Crippen molar-refractivity contribution in [2.24, 2.45) is 0 Å². The number of nitrogens with zero attached hydrogens (tertiary/aromatic N) is 1. The van der Waals surface area contributed by atoms with Crippen molar-refractivity contribution in [3.8, 4) is 5.75 Å². The highest BCUT2D eigenvalue weighted by atomic mass is 19.4. The maximum atomic E-state index is 12.7. The lowest BCUT2D eigenvalue weighted by molar-refractivity contribution is -0.146. The van der Waals surface area contributed by atoms with Crippen molar-refractivity contribution in [1.29, 1.82) is 0 Å². The number of alkyl halides is 3. The number of ether oxygens (including phenoxy) is 1. The van der Waals surface area contributed by atoms with Crippen LogP contribution in [0.4, 0.5) is 18.0 Å². The third-order valence-electron chi connectivity index (χ3n) is 3.28. The zero-order valence-electron chi connectivity index (χ0n) is 11.4. The molecule has 0 bridgehead atoms. The fraction of sp³-hybridized carbons (Fsp3) is 0.500. The predicted molar refractivity (Wildman–Crippen MR) is 71.1 cm³/mol. The maximum Gasteiger partial charge on any atom is 0.415 e. The van der Waals surface area contributed by atoms with Gasteiger partial charge in [-0.25, -0.2) is 4.79 Å². The van der Waals surface area contributed by atoms with E-state index >= 15 is 0 Å². The van der Waals surface area contributed by atoms with Gasteiger partial charge in [-0.15, -0.1) is 0 Å². The minimum absolute atomic E-state index is 0.239. The minimum atomic E-state index is -4.44. The molecule has 1 aliphatic heterocycles. The van der Waals surface area contributed by atoms with Crippen LogP contribution >= 0.6 is 0 Å². The van der Waals surface area contributed by atoms with Gasteiger partial charge in [0, 0.05) is 6.04 Å². The van der Waals surface area contributed by atoms with E-state index in [4.69, 9.17) is 4.74 Å². The SMILES string of the molecule is O=C(Oc1ccccc1)N(CC(F)(F)F)C1CCNCC1. The van der Waals surface area contributed by atoms with Crippen molar-refractivity contribution in [1.82, 2.24) is 10.2 Å². The van der Waals surface area contributed by atoms with E-state index in [9.17, 15) is 18.0 Å². The van der Waals surface area contributed by atoms with Gasteiger partial charge in [-0.1, -0.05) is 18.2 Å². The lowest BCUT2D eigenvalue weighted by Crippen LogP contribution is -2.50. The number of para-hydroxylation sites is 1. The lowest BCUT2D eigenvalue weighted by Gasteiger charge is -2.34. The molecule has 0 spiro atoms. The van der Waals surface area contributed by atoms with E-state index in [1.54, 1.807) is 18.2 Å². The molecule has 1 aromatic carbocycles. The van der Waals surface area contributed by atoms with Crippen molar-refractivity contribution in [2.45, 2.75) is 25.1 Å². The van der Waals surface area contributed by atoms with Gasteiger partial charge in [0.1, 0.15) is 12.3 Å². The number of hydrogen-bond donors (Lipinski definition) is 1. The second-order valence-electron chi connectivity index (χ2n) is 4.91. The largest absolute Gasteiger partial charge is 0.415 e. The Kier molecular flexibility index (Phi) is 5.06. The standard InChI is InChI=1S/C14H17F3N2O2/c15-14(16,17)10-19(11-6-8-18-9-7-11)13(20)21-12-4-2-1-3-5-12/h1-5,11,18H,6-10H2. The van der Waals surface area contributed by atoms with Crippen LogP contribution < -0.4 is 10.1 Å².